The smallest absolute Gasteiger partial charge is 0.246 e. The Hall–Kier alpha value is -1.41. The lowest BCUT2D eigenvalue weighted by molar-refractivity contribution is -0.133. The molecule has 3 aliphatic heterocycles. The van der Waals surface area contributed by atoms with Crippen molar-refractivity contribution in [3.8, 4) is 0 Å². The number of amides is 2. The van der Waals surface area contributed by atoms with Gasteiger partial charge >= 0.3 is 0 Å². The molecule has 2 fully saturated rings. The van der Waals surface area contributed by atoms with Crippen LogP contribution in [0.5, 0.6) is 0 Å². The van der Waals surface area contributed by atoms with E-state index in [1.807, 2.05) is 6.92 Å². The van der Waals surface area contributed by atoms with E-state index in [1.165, 1.54) is 12.8 Å². The molecule has 3 heterocycles. The standard InChI is InChI=1S/C18H29N3O4S/c1-3-7-14-17-15(21(18(14)23)26(2,24)25)9-13-20(17)16(22)8-6-12-19-10-4-5-11-19/h9,14,17H,3-8,10-13H2,1-2H3/t14-,17-/m1/s1. The van der Waals surface area contributed by atoms with Gasteiger partial charge in [0.05, 0.1) is 23.9 Å². The Bertz CT molecular complexity index is 697. The van der Waals surface area contributed by atoms with Crippen molar-refractivity contribution in [2.75, 3.05) is 32.4 Å². The zero-order chi connectivity index (χ0) is 18.9. The first-order valence-corrected chi connectivity index (χ1v) is 11.5. The second-order valence-corrected chi connectivity index (χ2v) is 9.36. The molecule has 0 spiro atoms. The molecule has 7 nitrogen and oxygen atoms in total. The summed E-state index contributed by atoms with van der Waals surface area (Å²) in [5.74, 6) is -0.823. The highest BCUT2D eigenvalue weighted by molar-refractivity contribution is 7.89. The van der Waals surface area contributed by atoms with E-state index in [1.54, 1.807) is 11.0 Å². The Morgan fingerprint density at radius 1 is 1.27 bits per heavy atom. The van der Waals surface area contributed by atoms with Crippen LogP contribution in [-0.4, -0.2) is 72.8 Å². The third-order valence-electron chi connectivity index (χ3n) is 5.58. The summed E-state index contributed by atoms with van der Waals surface area (Å²) in [7, 11) is -3.66. The summed E-state index contributed by atoms with van der Waals surface area (Å²) in [5, 5.41) is 0. The third kappa shape index (κ3) is 3.67. The Labute approximate surface area is 156 Å². The van der Waals surface area contributed by atoms with Gasteiger partial charge in [0, 0.05) is 13.0 Å². The van der Waals surface area contributed by atoms with Crippen molar-refractivity contribution in [3.05, 3.63) is 11.8 Å². The van der Waals surface area contributed by atoms with Crippen LogP contribution in [0, 0.1) is 5.92 Å². The van der Waals surface area contributed by atoms with Gasteiger partial charge in [-0.1, -0.05) is 13.3 Å². The van der Waals surface area contributed by atoms with Gasteiger partial charge in [-0.05, 0) is 51.4 Å². The van der Waals surface area contributed by atoms with Crippen LogP contribution in [0.2, 0.25) is 0 Å². The first-order chi connectivity index (χ1) is 12.3. The van der Waals surface area contributed by atoms with Crippen LogP contribution < -0.4 is 0 Å². The number of fused-ring (bicyclic) bond motifs is 1. The monoisotopic (exact) mass is 383 g/mol. The number of sulfonamides is 1. The van der Waals surface area contributed by atoms with Crippen LogP contribution in [0.25, 0.3) is 0 Å². The van der Waals surface area contributed by atoms with E-state index in [9.17, 15) is 18.0 Å². The highest BCUT2D eigenvalue weighted by atomic mass is 32.2. The van der Waals surface area contributed by atoms with Crippen LogP contribution in [0.4, 0.5) is 0 Å². The molecule has 2 amide bonds. The summed E-state index contributed by atoms with van der Waals surface area (Å²) in [5.41, 5.74) is 0.476. The van der Waals surface area contributed by atoms with Gasteiger partial charge in [0.2, 0.25) is 21.8 Å². The predicted octanol–water partition coefficient (Wildman–Crippen LogP) is 1.18. The van der Waals surface area contributed by atoms with Crippen LogP contribution in [-0.2, 0) is 19.6 Å². The zero-order valence-electron chi connectivity index (χ0n) is 15.7. The maximum atomic E-state index is 12.8. The summed E-state index contributed by atoms with van der Waals surface area (Å²) in [6.45, 7) is 5.52. The lowest BCUT2D eigenvalue weighted by atomic mass is 9.96. The Balaban J connectivity index is 1.68. The number of rotatable bonds is 7. The predicted molar refractivity (Wildman–Crippen MR) is 98.6 cm³/mol. The van der Waals surface area contributed by atoms with Gasteiger partial charge in [-0.2, -0.15) is 0 Å². The van der Waals surface area contributed by atoms with Crippen LogP contribution in [0.3, 0.4) is 0 Å². The van der Waals surface area contributed by atoms with Gasteiger partial charge < -0.3 is 9.80 Å². The first kappa shape index (κ1) is 19.4. The lowest BCUT2D eigenvalue weighted by Crippen LogP contribution is -2.41. The SMILES string of the molecule is CCC[C@H]1C(=O)N(S(C)(=O)=O)C2=CCN(C(=O)CCCN3CCCC3)[C@@H]21. The van der Waals surface area contributed by atoms with Gasteiger partial charge in [0.1, 0.15) is 0 Å². The largest absolute Gasteiger partial charge is 0.330 e. The number of carbonyl (C=O) groups excluding carboxylic acids is 2. The zero-order valence-corrected chi connectivity index (χ0v) is 16.5. The van der Waals surface area contributed by atoms with Crippen LogP contribution >= 0.6 is 0 Å². The van der Waals surface area contributed by atoms with E-state index >= 15 is 0 Å². The van der Waals surface area contributed by atoms with E-state index in [0.29, 0.717) is 25.1 Å². The quantitative estimate of drug-likeness (QED) is 0.660. The van der Waals surface area contributed by atoms with Crippen molar-refractivity contribution in [2.45, 2.75) is 51.5 Å². The molecule has 26 heavy (non-hydrogen) atoms. The molecule has 0 aromatic carbocycles. The summed E-state index contributed by atoms with van der Waals surface area (Å²) in [6.07, 6.45) is 7.86. The van der Waals surface area contributed by atoms with Crippen molar-refractivity contribution in [1.82, 2.24) is 14.1 Å². The second-order valence-electron chi connectivity index (χ2n) is 7.53. The van der Waals surface area contributed by atoms with Crippen LogP contribution in [0.15, 0.2) is 11.8 Å². The molecule has 0 aromatic rings. The molecule has 0 saturated carbocycles. The molecular weight excluding hydrogens is 354 g/mol. The van der Waals surface area contributed by atoms with Gasteiger partial charge in [-0.25, -0.2) is 12.7 Å². The van der Waals surface area contributed by atoms with Crippen molar-refractivity contribution in [2.24, 2.45) is 5.92 Å². The van der Waals surface area contributed by atoms with E-state index in [-0.39, 0.29) is 11.8 Å². The van der Waals surface area contributed by atoms with E-state index in [0.717, 1.165) is 43.0 Å². The van der Waals surface area contributed by atoms with Crippen molar-refractivity contribution >= 4 is 21.8 Å². The molecule has 2 saturated heterocycles. The molecule has 0 aromatic heterocycles. The number of carbonyl (C=O) groups is 2. The Morgan fingerprint density at radius 3 is 2.58 bits per heavy atom. The fraction of sp³-hybridized carbons (Fsp3) is 0.778. The molecular formula is C18H29N3O4S. The fourth-order valence-corrected chi connectivity index (χ4v) is 5.46. The van der Waals surface area contributed by atoms with Gasteiger partial charge in [0.15, 0.2) is 0 Å². The van der Waals surface area contributed by atoms with Gasteiger partial charge in [-0.15, -0.1) is 0 Å². The summed E-state index contributed by atoms with van der Waals surface area (Å²) in [4.78, 5) is 29.5. The topological polar surface area (TPSA) is 78.0 Å². The van der Waals surface area contributed by atoms with E-state index < -0.39 is 22.0 Å². The second kappa shape index (κ2) is 7.68. The van der Waals surface area contributed by atoms with Gasteiger partial charge in [-0.3, -0.25) is 9.59 Å². The molecule has 3 aliphatic rings. The highest BCUT2D eigenvalue weighted by Gasteiger charge is 2.53. The highest BCUT2D eigenvalue weighted by Crippen LogP contribution is 2.40. The average molecular weight is 384 g/mol. The Kier molecular flexibility index (Phi) is 5.72. The molecule has 8 heteroatoms. The third-order valence-corrected chi connectivity index (χ3v) is 6.64. The number of nitrogens with zero attached hydrogens (tertiary/aromatic N) is 3. The molecule has 0 N–H and O–H groups in total. The molecule has 0 bridgehead atoms. The first-order valence-electron chi connectivity index (χ1n) is 9.60. The molecule has 146 valence electrons. The average Bonchev–Trinajstić information content (AvgIpc) is 3.25. The minimum atomic E-state index is -3.66. The minimum Gasteiger partial charge on any atom is -0.330 e. The molecule has 0 aliphatic carbocycles. The molecule has 3 rings (SSSR count). The fourth-order valence-electron chi connectivity index (χ4n) is 4.43. The van der Waals surface area contributed by atoms with E-state index in [2.05, 4.69) is 4.90 Å². The number of likely N-dealkylation sites (tertiary alicyclic amines) is 1. The van der Waals surface area contributed by atoms with Crippen molar-refractivity contribution in [1.29, 1.82) is 0 Å². The van der Waals surface area contributed by atoms with E-state index in [4.69, 9.17) is 0 Å². The molecule has 0 unspecified atom stereocenters. The van der Waals surface area contributed by atoms with Crippen LogP contribution in [0.1, 0.15) is 45.4 Å². The van der Waals surface area contributed by atoms with Crippen molar-refractivity contribution in [3.63, 3.8) is 0 Å². The maximum absolute atomic E-state index is 12.8. The maximum Gasteiger partial charge on any atom is 0.246 e. The Morgan fingerprint density at radius 2 is 1.96 bits per heavy atom. The minimum absolute atomic E-state index is 0.0182. The summed E-state index contributed by atoms with van der Waals surface area (Å²) < 4.78 is 25.1. The molecule has 0 radical (unpaired) electrons. The summed E-state index contributed by atoms with van der Waals surface area (Å²) >= 11 is 0. The van der Waals surface area contributed by atoms with Crippen molar-refractivity contribution < 1.29 is 18.0 Å². The number of hydrogen-bond donors (Lipinski definition) is 0. The van der Waals surface area contributed by atoms with Gasteiger partial charge in [0.25, 0.3) is 0 Å². The molecule has 2 atom stereocenters. The number of hydrogen-bond acceptors (Lipinski definition) is 5. The lowest BCUT2D eigenvalue weighted by Gasteiger charge is -2.27. The summed E-state index contributed by atoms with van der Waals surface area (Å²) in [6, 6.07) is -0.420. The normalized spacial score (nSPS) is 26.5.